The van der Waals surface area contributed by atoms with Crippen LogP contribution >= 0.6 is 0 Å². The Labute approximate surface area is 135 Å². The van der Waals surface area contributed by atoms with Gasteiger partial charge in [-0.1, -0.05) is 17.7 Å². The van der Waals surface area contributed by atoms with E-state index in [0.717, 1.165) is 16.2 Å². The first-order chi connectivity index (χ1) is 11.0. The standard InChI is InChI=1S/C17H20N2O4/c1-12-4-6-13(7-5-12)18-16(20)11-19(2)10-14-8-9-15(23-14)17(21)22-3/h4-9H,10-11H2,1-3H3,(H,18,20)/p+1. The smallest absolute Gasteiger partial charge is 0.373 e. The number of anilines is 1. The van der Waals surface area contributed by atoms with Gasteiger partial charge in [0.25, 0.3) is 5.91 Å². The summed E-state index contributed by atoms with van der Waals surface area (Å²) in [5.41, 5.74) is 1.92. The number of rotatable bonds is 6. The number of ether oxygens (including phenoxy) is 1. The molecule has 1 heterocycles. The van der Waals surface area contributed by atoms with Gasteiger partial charge in [0.2, 0.25) is 5.76 Å². The van der Waals surface area contributed by atoms with E-state index >= 15 is 0 Å². The van der Waals surface area contributed by atoms with Crippen LogP contribution < -0.4 is 10.2 Å². The Morgan fingerprint density at radius 3 is 2.52 bits per heavy atom. The molecule has 0 aliphatic carbocycles. The first kappa shape index (κ1) is 16.8. The number of benzene rings is 1. The fourth-order valence-electron chi connectivity index (χ4n) is 2.16. The fraction of sp³-hybridized carbons (Fsp3) is 0.294. The number of likely N-dealkylation sites (N-methyl/N-ethyl adjacent to an activating group) is 1. The van der Waals surface area contributed by atoms with Gasteiger partial charge in [-0.3, -0.25) is 4.79 Å². The molecule has 0 fully saturated rings. The van der Waals surface area contributed by atoms with Crippen molar-refractivity contribution in [1.29, 1.82) is 0 Å². The minimum atomic E-state index is -0.508. The Morgan fingerprint density at radius 2 is 1.87 bits per heavy atom. The maximum atomic E-state index is 12.0. The molecule has 0 aliphatic rings. The van der Waals surface area contributed by atoms with Gasteiger partial charge < -0.3 is 19.4 Å². The van der Waals surface area contributed by atoms with Crippen molar-refractivity contribution in [3.63, 3.8) is 0 Å². The van der Waals surface area contributed by atoms with E-state index in [1.165, 1.54) is 7.11 Å². The molecule has 2 rings (SSSR count). The SMILES string of the molecule is COC(=O)c1ccc(C[NH+](C)CC(=O)Nc2ccc(C)cc2)o1. The zero-order chi connectivity index (χ0) is 16.8. The van der Waals surface area contributed by atoms with E-state index in [0.29, 0.717) is 18.8 Å². The summed E-state index contributed by atoms with van der Waals surface area (Å²) >= 11 is 0. The third-order valence-corrected chi connectivity index (χ3v) is 3.32. The van der Waals surface area contributed by atoms with Crippen LogP contribution in [-0.4, -0.2) is 32.6 Å². The number of furan rings is 1. The van der Waals surface area contributed by atoms with Crippen molar-refractivity contribution in [2.75, 3.05) is 26.0 Å². The lowest BCUT2D eigenvalue weighted by atomic mass is 10.2. The van der Waals surface area contributed by atoms with Crippen LogP contribution in [0.15, 0.2) is 40.8 Å². The third-order valence-electron chi connectivity index (χ3n) is 3.32. The second-order valence-corrected chi connectivity index (χ2v) is 5.48. The fourth-order valence-corrected chi connectivity index (χ4v) is 2.16. The largest absolute Gasteiger partial charge is 0.463 e. The van der Waals surface area contributed by atoms with Crippen molar-refractivity contribution in [1.82, 2.24) is 0 Å². The molecule has 2 N–H and O–H groups in total. The summed E-state index contributed by atoms with van der Waals surface area (Å²) in [7, 11) is 3.19. The van der Waals surface area contributed by atoms with E-state index in [1.807, 2.05) is 38.2 Å². The molecular weight excluding hydrogens is 296 g/mol. The highest BCUT2D eigenvalue weighted by molar-refractivity contribution is 5.91. The second kappa shape index (κ2) is 7.60. The number of hydrogen-bond donors (Lipinski definition) is 2. The number of amides is 1. The van der Waals surface area contributed by atoms with Crippen LogP contribution in [0.25, 0.3) is 0 Å². The van der Waals surface area contributed by atoms with E-state index in [-0.39, 0.29) is 11.7 Å². The number of carbonyl (C=O) groups is 2. The molecular formula is C17H21N2O4+. The number of methoxy groups -OCH3 is 1. The highest BCUT2D eigenvalue weighted by Gasteiger charge is 2.15. The molecule has 0 aliphatic heterocycles. The average Bonchev–Trinajstić information content (AvgIpc) is 2.97. The lowest BCUT2D eigenvalue weighted by Gasteiger charge is -2.12. The number of hydrogen-bond acceptors (Lipinski definition) is 4. The highest BCUT2D eigenvalue weighted by atomic mass is 16.5. The molecule has 122 valence electrons. The Hall–Kier alpha value is -2.60. The quantitative estimate of drug-likeness (QED) is 0.781. The van der Waals surface area contributed by atoms with Crippen LogP contribution in [-0.2, 0) is 16.1 Å². The lowest BCUT2D eigenvalue weighted by Crippen LogP contribution is -3.08. The van der Waals surface area contributed by atoms with Gasteiger partial charge in [-0.15, -0.1) is 0 Å². The minimum Gasteiger partial charge on any atom is -0.463 e. The maximum absolute atomic E-state index is 12.0. The molecule has 6 nitrogen and oxygen atoms in total. The van der Waals surface area contributed by atoms with Gasteiger partial charge in [0, 0.05) is 5.69 Å². The third kappa shape index (κ3) is 4.96. The van der Waals surface area contributed by atoms with Crippen molar-refractivity contribution >= 4 is 17.6 Å². The number of aryl methyl sites for hydroxylation is 1. The topological polar surface area (TPSA) is 73.0 Å². The Bertz CT molecular complexity index is 676. The summed E-state index contributed by atoms with van der Waals surface area (Å²) in [4.78, 5) is 24.3. The summed E-state index contributed by atoms with van der Waals surface area (Å²) in [5, 5.41) is 2.85. The van der Waals surface area contributed by atoms with Gasteiger partial charge in [-0.25, -0.2) is 4.79 Å². The summed E-state index contributed by atoms with van der Waals surface area (Å²) in [6.07, 6.45) is 0. The first-order valence-corrected chi connectivity index (χ1v) is 7.33. The van der Waals surface area contributed by atoms with Gasteiger partial charge in [0.1, 0.15) is 6.54 Å². The molecule has 1 atom stereocenters. The maximum Gasteiger partial charge on any atom is 0.373 e. The number of nitrogens with one attached hydrogen (secondary N) is 2. The van der Waals surface area contributed by atoms with E-state index in [1.54, 1.807) is 12.1 Å². The zero-order valence-corrected chi connectivity index (χ0v) is 13.5. The molecule has 0 spiro atoms. The lowest BCUT2D eigenvalue weighted by molar-refractivity contribution is -0.886. The molecule has 0 saturated carbocycles. The molecule has 0 saturated heterocycles. The van der Waals surface area contributed by atoms with Crippen molar-refractivity contribution < 1.29 is 23.6 Å². The van der Waals surface area contributed by atoms with E-state index in [9.17, 15) is 9.59 Å². The van der Waals surface area contributed by atoms with Gasteiger partial charge in [-0.05, 0) is 31.2 Å². The molecule has 0 radical (unpaired) electrons. The van der Waals surface area contributed by atoms with Gasteiger partial charge in [0.05, 0.1) is 14.2 Å². The van der Waals surface area contributed by atoms with Crippen LogP contribution in [0.5, 0.6) is 0 Å². The van der Waals surface area contributed by atoms with E-state index in [2.05, 4.69) is 10.1 Å². The number of carbonyl (C=O) groups excluding carboxylic acids is 2. The Morgan fingerprint density at radius 1 is 1.17 bits per heavy atom. The summed E-state index contributed by atoms with van der Waals surface area (Å²) in [6.45, 7) is 2.79. The summed E-state index contributed by atoms with van der Waals surface area (Å²) in [6, 6.07) is 10.9. The van der Waals surface area contributed by atoms with Crippen LogP contribution in [0, 0.1) is 6.92 Å². The number of esters is 1. The van der Waals surface area contributed by atoms with Crippen LogP contribution in [0.4, 0.5) is 5.69 Å². The van der Waals surface area contributed by atoms with E-state index in [4.69, 9.17) is 4.42 Å². The van der Waals surface area contributed by atoms with Crippen molar-refractivity contribution in [3.05, 3.63) is 53.5 Å². The molecule has 1 aromatic heterocycles. The highest BCUT2D eigenvalue weighted by Crippen LogP contribution is 2.09. The molecule has 6 heteroatoms. The van der Waals surface area contributed by atoms with Crippen LogP contribution in [0.2, 0.25) is 0 Å². The molecule has 1 aromatic carbocycles. The normalized spacial score (nSPS) is 11.8. The second-order valence-electron chi connectivity index (χ2n) is 5.48. The van der Waals surface area contributed by atoms with Crippen molar-refractivity contribution in [2.24, 2.45) is 0 Å². The van der Waals surface area contributed by atoms with E-state index < -0.39 is 5.97 Å². The van der Waals surface area contributed by atoms with Crippen molar-refractivity contribution in [3.8, 4) is 0 Å². The zero-order valence-electron chi connectivity index (χ0n) is 13.5. The minimum absolute atomic E-state index is 0.0777. The van der Waals surface area contributed by atoms with Gasteiger partial charge in [-0.2, -0.15) is 0 Å². The number of quaternary nitrogens is 1. The van der Waals surface area contributed by atoms with Gasteiger partial charge >= 0.3 is 5.97 Å². The van der Waals surface area contributed by atoms with Crippen molar-refractivity contribution in [2.45, 2.75) is 13.5 Å². The van der Waals surface area contributed by atoms with Crippen LogP contribution in [0.3, 0.4) is 0 Å². The molecule has 1 unspecified atom stereocenters. The summed E-state index contributed by atoms with van der Waals surface area (Å²) in [5.74, 6) is 0.211. The monoisotopic (exact) mass is 317 g/mol. The Kier molecular flexibility index (Phi) is 5.54. The molecule has 2 aromatic rings. The molecule has 0 bridgehead atoms. The molecule has 23 heavy (non-hydrogen) atoms. The molecule has 1 amide bonds. The summed E-state index contributed by atoms with van der Waals surface area (Å²) < 4.78 is 9.98. The Balaban J connectivity index is 1.85. The van der Waals surface area contributed by atoms with Gasteiger partial charge in [0.15, 0.2) is 12.3 Å². The predicted molar refractivity (Wildman–Crippen MR) is 85.3 cm³/mol. The first-order valence-electron chi connectivity index (χ1n) is 7.33. The predicted octanol–water partition coefficient (Wildman–Crippen LogP) is 1.03. The van der Waals surface area contributed by atoms with Crippen LogP contribution in [0.1, 0.15) is 21.9 Å². The average molecular weight is 317 g/mol.